The topological polar surface area (TPSA) is 21.3 Å². The van der Waals surface area contributed by atoms with Crippen LogP contribution >= 0.6 is 0 Å². The van der Waals surface area contributed by atoms with Crippen LogP contribution in [-0.2, 0) is 0 Å². The fourth-order valence-corrected chi connectivity index (χ4v) is 7.41. The van der Waals surface area contributed by atoms with Gasteiger partial charge in [0.05, 0.1) is 23.6 Å². The highest BCUT2D eigenvalue weighted by molar-refractivity contribution is 6.26. The summed E-state index contributed by atoms with van der Waals surface area (Å²) in [6, 6.07) is 49.2. The zero-order valence-corrected chi connectivity index (χ0v) is 26.2. The van der Waals surface area contributed by atoms with Crippen molar-refractivity contribution < 1.29 is 11.3 Å². The largest absolute Gasteiger partial charge is 0.453 e. The summed E-state index contributed by atoms with van der Waals surface area (Å²) in [4.78, 5) is 1.72. The van der Waals surface area contributed by atoms with E-state index in [0.29, 0.717) is 22.5 Å². The highest BCUT2D eigenvalue weighted by atomic mass is 16.3. The van der Waals surface area contributed by atoms with Gasteiger partial charge in [-0.05, 0) is 65.3 Å². The normalized spacial score (nSPS) is 13.1. The lowest BCUT2D eigenvalue weighted by molar-refractivity contribution is 0.670. The van der Waals surface area contributed by atoms with Crippen LogP contribution in [0.25, 0.3) is 71.3 Å². The first-order valence-electron chi connectivity index (χ1n) is 18.8. The maximum atomic E-state index is 9.00. The molecule has 10 aromatic rings. The minimum absolute atomic E-state index is 0.0439. The van der Waals surface area contributed by atoms with Crippen LogP contribution in [0, 0.1) is 0 Å². The van der Waals surface area contributed by atoms with E-state index in [1.165, 1.54) is 0 Å². The van der Waals surface area contributed by atoms with Gasteiger partial charge >= 0.3 is 0 Å². The van der Waals surface area contributed by atoms with Crippen molar-refractivity contribution in [3.8, 4) is 16.8 Å². The van der Waals surface area contributed by atoms with E-state index in [4.69, 9.17) is 11.3 Å². The molecule has 0 saturated carbocycles. The van der Waals surface area contributed by atoms with E-state index in [1.807, 2.05) is 66.7 Å². The van der Waals surface area contributed by atoms with Gasteiger partial charge in [-0.1, -0.05) is 127 Å². The van der Waals surface area contributed by atoms with Gasteiger partial charge in [-0.15, -0.1) is 0 Å². The first-order chi connectivity index (χ1) is 26.4. The number of aromatic nitrogens is 1. The van der Waals surface area contributed by atoms with Crippen LogP contribution in [0.4, 0.5) is 17.1 Å². The van der Waals surface area contributed by atoms with Gasteiger partial charge in [0.1, 0.15) is 5.58 Å². The summed E-state index contributed by atoms with van der Waals surface area (Å²) in [5, 5.41) is 6.15. The van der Waals surface area contributed by atoms with Gasteiger partial charge in [0, 0.05) is 49.7 Å². The molecule has 0 aliphatic carbocycles. The van der Waals surface area contributed by atoms with Crippen LogP contribution in [0.5, 0.6) is 0 Å². The van der Waals surface area contributed by atoms with E-state index in [1.54, 1.807) is 4.90 Å². The van der Waals surface area contributed by atoms with E-state index in [0.717, 1.165) is 60.2 Å². The number of anilines is 3. The van der Waals surface area contributed by atoms with E-state index in [-0.39, 0.29) is 17.8 Å². The predicted molar refractivity (Wildman–Crippen MR) is 206 cm³/mol. The van der Waals surface area contributed by atoms with Crippen LogP contribution in [0.15, 0.2) is 186 Å². The molecule has 10 rings (SSSR count). The fraction of sp³-hybridized carbons (Fsp3) is 0. The Hall–Kier alpha value is -6.58. The monoisotopic (exact) mass is 631 g/mol. The number of fused-ring (bicyclic) bond motifs is 8. The summed E-state index contributed by atoms with van der Waals surface area (Å²) in [6.45, 7) is 0. The Kier molecular flexibility index (Phi) is 5.13. The Morgan fingerprint density at radius 2 is 1.18 bits per heavy atom. The second kappa shape index (κ2) is 11.0. The second-order valence-electron chi connectivity index (χ2n) is 12.1. The Bertz CT molecular complexity index is 3090. The van der Waals surface area contributed by atoms with Crippen LogP contribution in [0.3, 0.4) is 0 Å². The van der Waals surface area contributed by atoms with Gasteiger partial charge in [-0.2, -0.15) is 0 Å². The molecule has 0 aliphatic heterocycles. The number of furan rings is 1. The molecule has 0 N–H and O–H groups in total. The molecular weight excluding hydrogens is 597 g/mol. The van der Waals surface area contributed by atoms with E-state index >= 15 is 0 Å². The van der Waals surface area contributed by atoms with E-state index < -0.39 is 18.1 Å². The summed E-state index contributed by atoms with van der Waals surface area (Å²) in [5.74, 6) is 0. The maximum absolute atomic E-state index is 9.00. The standard InChI is InChI=1S/C46H30N2O/c1-4-17-32(18-5-1)47(33-19-6-2-7-20-33)42-29-15-27-39-43-35-23-11-10-16-31(35)30-40(46(43)49-45(39)42)38-26-14-25-37-36-24-12-13-28-41(36)48(44(37)38)34-21-8-3-9-22-34/h1-30H/i1D,4D,5D,17D,18D. The van der Waals surface area contributed by atoms with E-state index in [2.05, 4.69) is 89.5 Å². The van der Waals surface area contributed by atoms with Crippen LogP contribution < -0.4 is 4.90 Å². The molecule has 0 unspecified atom stereocenters. The molecule has 0 atom stereocenters. The number of benzene rings is 8. The molecule has 0 aliphatic rings. The fourth-order valence-electron chi connectivity index (χ4n) is 7.41. The predicted octanol–water partition coefficient (Wildman–Crippen LogP) is 13.0. The third-order valence-corrected chi connectivity index (χ3v) is 9.43. The van der Waals surface area contributed by atoms with Crippen molar-refractivity contribution in [2.45, 2.75) is 0 Å². The van der Waals surface area contributed by atoms with Crippen LogP contribution in [0.1, 0.15) is 6.85 Å². The summed E-state index contributed by atoms with van der Waals surface area (Å²) >= 11 is 0. The summed E-state index contributed by atoms with van der Waals surface area (Å²) < 4.78 is 52.8. The van der Waals surface area contributed by atoms with Crippen molar-refractivity contribution in [2.75, 3.05) is 4.90 Å². The lowest BCUT2D eigenvalue weighted by Gasteiger charge is -2.25. The van der Waals surface area contributed by atoms with Crippen molar-refractivity contribution in [3.63, 3.8) is 0 Å². The molecule has 0 fully saturated rings. The average molecular weight is 632 g/mol. The molecule has 2 heterocycles. The summed E-state index contributed by atoms with van der Waals surface area (Å²) in [7, 11) is 0. The van der Waals surface area contributed by atoms with E-state index in [9.17, 15) is 0 Å². The lowest BCUT2D eigenvalue weighted by atomic mass is 9.95. The number of rotatable bonds is 5. The molecule has 3 heteroatoms. The van der Waals surface area contributed by atoms with Crippen molar-refractivity contribution >= 4 is 71.6 Å². The quantitative estimate of drug-likeness (QED) is 0.188. The van der Waals surface area contributed by atoms with Gasteiger partial charge in [0.25, 0.3) is 0 Å². The van der Waals surface area contributed by atoms with Crippen molar-refractivity contribution in [1.29, 1.82) is 0 Å². The molecule has 2 aromatic heterocycles. The Labute approximate surface area is 290 Å². The maximum Gasteiger partial charge on any atom is 0.159 e. The Morgan fingerprint density at radius 1 is 0.510 bits per heavy atom. The van der Waals surface area contributed by atoms with Crippen molar-refractivity contribution in [1.82, 2.24) is 4.57 Å². The molecule has 49 heavy (non-hydrogen) atoms. The SMILES string of the molecule is [2H]c1c([2H])c([2H])c(N(c2ccccc2)c2cccc3c2oc2c(-c4cccc5c6ccccc6n(-c6ccccc6)c45)cc4ccccc4c23)c([2H])c1[2H]. The molecule has 0 bridgehead atoms. The third kappa shape index (κ3) is 4.23. The second-order valence-corrected chi connectivity index (χ2v) is 12.1. The smallest absolute Gasteiger partial charge is 0.159 e. The zero-order valence-electron chi connectivity index (χ0n) is 31.2. The summed E-state index contributed by atoms with van der Waals surface area (Å²) in [5.41, 5.74) is 7.62. The van der Waals surface area contributed by atoms with Gasteiger partial charge in [-0.3, -0.25) is 0 Å². The molecule has 0 amide bonds. The summed E-state index contributed by atoms with van der Waals surface area (Å²) in [6.07, 6.45) is 0. The third-order valence-electron chi connectivity index (χ3n) is 9.43. The molecule has 0 saturated heterocycles. The average Bonchev–Trinajstić information content (AvgIpc) is 3.79. The zero-order chi connectivity index (χ0) is 36.7. The Morgan fingerprint density at radius 3 is 2.02 bits per heavy atom. The molecule has 3 nitrogen and oxygen atoms in total. The van der Waals surface area contributed by atoms with Crippen molar-refractivity contribution in [3.05, 3.63) is 182 Å². The highest BCUT2D eigenvalue weighted by Crippen LogP contribution is 2.48. The van der Waals surface area contributed by atoms with Gasteiger partial charge in [-0.25, -0.2) is 0 Å². The molecule has 8 aromatic carbocycles. The molecule has 230 valence electrons. The van der Waals surface area contributed by atoms with Crippen molar-refractivity contribution in [2.24, 2.45) is 0 Å². The van der Waals surface area contributed by atoms with Crippen LogP contribution in [0.2, 0.25) is 0 Å². The molecule has 0 radical (unpaired) electrons. The highest BCUT2D eigenvalue weighted by Gasteiger charge is 2.24. The number of nitrogens with zero attached hydrogens (tertiary/aromatic N) is 2. The number of hydrogen-bond acceptors (Lipinski definition) is 2. The number of hydrogen-bond donors (Lipinski definition) is 0. The molecular formula is C46H30N2O. The van der Waals surface area contributed by atoms with Gasteiger partial charge in [0.15, 0.2) is 5.58 Å². The first kappa shape index (κ1) is 22.9. The molecule has 0 spiro atoms. The minimum atomic E-state index is -0.443. The minimum Gasteiger partial charge on any atom is -0.453 e. The van der Waals surface area contributed by atoms with Gasteiger partial charge in [0.2, 0.25) is 0 Å². The first-order valence-corrected chi connectivity index (χ1v) is 16.3. The lowest BCUT2D eigenvalue weighted by Crippen LogP contribution is -2.09. The van der Waals surface area contributed by atoms with Crippen LogP contribution in [-0.4, -0.2) is 4.57 Å². The Balaban J connectivity index is 1.34. The number of para-hydroxylation sites is 6. The van der Waals surface area contributed by atoms with Gasteiger partial charge < -0.3 is 13.9 Å².